The van der Waals surface area contributed by atoms with Crippen LogP contribution in [0, 0.1) is 11.9 Å². The molecule has 0 unspecified atom stereocenters. The van der Waals surface area contributed by atoms with Crippen LogP contribution < -0.4 is 0 Å². The fourth-order valence-corrected chi connectivity index (χ4v) is 2.63. The number of nitrogens with zero attached hydrogens (tertiary/aromatic N) is 3. The van der Waals surface area contributed by atoms with Crippen molar-refractivity contribution < 1.29 is 23.1 Å². The third-order valence-electron chi connectivity index (χ3n) is 3.92. The summed E-state index contributed by atoms with van der Waals surface area (Å²) < 4.78 is 32.7. The van der Waals surface area contributed by atoms with Gasteiger partial charge < -0.3 is 9.52 Å². The lowest BCUT2D eigenvalue weighted by molar-refractivity contribution is 0.0690. The fourth-order valence-electron chi connectivity index (χ4n) is 2.63. The van der Waals surface area contributed by atoms with Gasteiger partial charge in [0.15, 0.2) is 11.5 Å². The van der Waals surface area contributed by atoms with E-state index in [1.54, 1.807) is 42.5 Å². The van der Waals surface area contributed by atoms with E-state index in [1.807, 2.05) is 0 Å². The molecule has 0 aliphatic rings. The second-order valence-electron chi connectivity index (χ2n) is 5.76. The van der Waals surface area contributed by atoms with Crippen molar-refractivity contribution in [3.8, 4) is 34.2 Å². The van der Waals surface area contributed by atoms with Crippen LogP contribution in [0.3, 0.4) is 0 Å². The molecular weight excluding hydrogens is 368 g/mol. The monoisotopic (exact) mass is 379 g/mol. The molecule has 0 aromatic carbocycles. The van der Waals surface area contributed by atoms with E-state index in [0.29, 0.717) is 22.9 Å². The number of rotatable bonds is 4. The maximum absolute atomic E-state index is 13.9. The lowest BCUT2D eigenvalue weighted by Crippen LogP contribution is -2.00. The van der Waals surface area contributed by atoms with Crippen LogP contribution in [0.5, 0.6) is 0 Å². The molecule has 4 aromatic rings. The van der Waals surface area contributed by atoms with Gasteiger partial charge in [-0.05, 0) is 48.5 Å². The third kappa shape index (κ3) is 3.35. The standard InChI is InChI=1S/C20H11F2N3O3/c21-18-10-7-11(19(22)25-18)12-3-1-4-13(23-12)16-8-9-17(28-16)14-5-2-6-15(24-14)20(26)27/h1-10H,(H,26,27). The molecule has 0 saturated heterocycles. The maximum Gasteiger partial charge on any atom is 0.354 e. The highest BCUT2D eigenvalue weighted by molar-refractivity contribution is 5.86. The average Bonchev–Trinajstić information content (AvgIpc) is 3.18. The number of aromatic nitrogens is 3. The minimum Gasteiger partial charge on any atom is -0.477 e. The summed E-state index contributed by atoms with van der Waals surface area (Å²) in [7, 11) is 0. The third-order valence-corrected chi connectivity index (χ3v) is 3.92. The molecule has 0 fully saturated rings. The van der Waals surface area contributed by atoms with Crippen molar-refractivity contribution in [2.45, 2.75) is 0 Å². The van der Waals surface area contributed by atoms with E-state index >= 15 is 0 Å². The van der Waals surface area contributed by atoms with E-state index in [4.69, 9.17) is 9.52 Å². The molecule has 0 aliphatic heterocycles. The Labute approximate surface area is 157 Å². The molecule has 0 aliphatic carbocycles. The van der Waals surface area contributed by atoms with Gasteiger partial charge in [0.2, 0.25) is 11.9 Å². The summed E-state index contributed by atoms with van der Waals surface area (Å²) in [4.78, 5) is 22.6. The van der Waals surface area contributed by atoms with E-state index in [0.717, 1.165) is 6.07 Å². The van der Waals surface area contributed by atoms with Gasteiger partial charge in [0.05, 0.1) is 11.3 Å². The van der Waals surface area contributed by atoms with Crippen molar-refractivity contribution in [2.24, 2.45) is 0 Å². The van der Waals surface area contributed by atoms with Crippen LogP contribution in [0.4, 0.5) is 8.78 Å². The molecular formula is C20H11F2N3O3. The van der Waals surface area contributed by atoms with Crippen LogP contribution in [0.2, 0.25) is 0 Å². The van der Waals surface area contributed by atoms with E-state index in [2.05, 4.69) is 15.0 Å². The predicted octanol–water partition coefficient (Wildman–Crippen LogP) is 4.44. The minimum atomic E-state index is -1.14. The molecule has 4 aromatic heterocycles. The van der Waals surface area contributed by atoms with Crippen molar-refractivity contribution in [3.05, 3.63) is 78.3 Å². The first-order chi connectivity index (χ1) is 13.5. The molecule has 28 heavy (non-hydrogen) atoms. The maximum atomic E-state index is 13.9. The van der Waals surface area contributed by atoms with Gasteiger partial charge in [-0.2, -0.15) is 13.8 Å². The first kappa shape index (κ1) is 17.5. The first-order valence-corrected chi connectivity index (χ1v) is 8.11. The Morgan fingerprint density at radius 1 is 0.786 bits per heavy atom. The highest BCUT2D eigenvalue weighted by Crippen LogP contribution is 2.28. The van der Waals surface area contributed by atoms with Crippen molar-refractivity contribution >= 4 is 5.97 Å². The number of carboxylic acids is 1. The van der Waals surface area contributed by atoms with Crippen LogP contribution >= 0.6 is 0 Å². The summed E-state index contributed by atoms with van der Waals surface area (Å²) in [5.74, 6) is -2.27. The Kier molecular flexibility index (Phi) is 4.36. The molecule has 0 bridgehead atoms. The smallest absolute Gasteiger partial charge is 0.354 e. The topological polar surface area (TPSA) is 89.1 Å². The molecule has 6 nitrogen and oxygen atoms in total. The number of aromatic carboxylic acids is 1. The molecule has 0 amide bonds. The normalized spacial score (nSPS) is 10.8. The first-order valence-electron chi connectivity index (χ1n) is 8.11. The summed E-state index contributed by atoms with van der Waals surface area (Å²) in [5, 5.41) is 9.06. The number of hydrogen-bond acceptors (Lipinski definition) is 5. The SMILES string of the molecule is O=C(O)c1cccc(-c2ccc(-c3cccc(-c4ccc(F)nc4F)n3)o2)n1. The molecule has 0 saturated carbocycles. The molecule has 4 rings (SSSR count). The highest BCUT2D eigenvalue weighted by Gasteiger charge is 2.14. The Morgan fingerprint density at radius 3 is 2.11 bits per heavy atom. The number of carboxylic acid groups (broad SMARTS) is 1. The predicted molar refractivity (Wildman–Crippen MR) is 95.3 cm³/mol. The molecule has 138 valence electrons. The molecule has 0 atom stereocenters. The lowest BCUT2D eigenvalue weighted by Gasteiger charge is -2.04. The number of hydrogen-bond donors (Lipinski definition) is 1. The van der Waals surface area contributed by atoms with Crippen molar-refractivity contribution in [2.75, 3.05) is 0 Å². The zero-order valence-electron chi connectivity index (χ0n) is 14.1. The Morgan fingerprint density at radius 2 is 1.43 bits per heavy atom. The summed E-state index contributed by atoms with van der Waals surface area (Å²) in [5.41, 5.74) is 1.00. The quantitative estimate of drug-likeness (QED) is 0.527. The van der Waals surface area contributed by atoms with Crippen LogP contribution in [-0.4, -0.2) is 26.0 Å². The number of halogens is 2. The molecule has 0 radical (unpaired) electrons. The summed E-state index contributed by atoms with van der Waals surface area (Å²) >= 11 is 0. The van der Waals surface area contributed by atoms with Crippen LogP contribution in [-0.2, 0) is 0 Å². The second kappa shape index (κ2) is 6.99. The van der Waals surface area contributed by atoms with Crippen LogP contribution in [0.1, 0.15) is 10.5 Å². The molecule has 0 spiro atoms. The Balaban J connectivity index is 1.70. The molecule has 4 heterocycles. The van der Waals surface area contributed by atoms with Crippen molar-refractivity contribution in [1.82, 2.24) is 15.0 Å². The van der Waals surface area contributed by atoms with Gasteiger partial charge in [0, 0.05) is 0 Å². The average molecular weight is 379 g/mol. The summed E-state index contributed by atoms with van der Waals surface area (Å²) in [6.45, 7) is 0. The largest absolute Gasteiger partial charge is 0.477 e. The zero-order valence-corrected chi connectivity index (χ0v) is 14.1. The number of furan rings is 1. The van der Waals surface area contributed by atoms with Gasteiger partial charge >= 0.3 is 5.97 Å². The van der Waals surface area contributed by atoms with Gasteiger partial charge in [0.25, 0.3) is 0 Å². The van der Waals surface area contributed by atoms with Crippen molar-refractivity contribution in [1.29, 1.82) is 0 Å². The van der Waals surface area contributed by atoms with Gasteiger partial charge in [-0.3, -0.25) is 0 Å². The van der Waals surface area contributed by atoms with E-state index < -0.39 is 17.9 Å². The molecule has 8 heteroatoms. The van der Waals surface area contributed by atoms with Gasteiger partial charge in [-0.15, -0.1) is 0 Å². The van der Waals surface area contributed by atoms with E-state index in [9.17, 15) is 13.6 Å². The second-order valence-corrected chi connectivity index (χ2v) is 5.76. The number of pyridine rings is 3. The van der Waals surface area contributed by atoms with Gasteiger partial charge in [-0.25, -0.2) is 14.8 Å². The van der Waals surface area contributed by atoms with Crippen LogP contribution in [0.25, 0.3) is 34.2 Å². The highest BCUT2D eigenvalue weighted by atomic mass is 19.1. The van der Waals surface area contributed by atoms with Crippen molar-refractivity contribution in [3.63, 3.8) is 0 Å². The lowest BCUT2D eigenvalue weighted by atomic mass is 10.1. The summed E-state index contributed by atoms with van der Waals surface area (Å²) in [6, 6.07) is 15.1. The zero-order chi connectivity index (χ0) is 19.7. The Bertz CT molecular complexity index is 1190. The Hall–Kier alpha value is -3.94. The summed E-state index contributed by atoms with van der Waals surface area (Å²) in [6.07, 6.45) is 0. The van der Waals surface area contributed by atoms with E-state index in [-0.39, 0.29) is 17.0 Å². The molecule has 1 N–H and O–H groups in total. The number of carbonyl (C=O) groups is 1. The van der Waals surface area contributed by atoms with E-state index in [1.165, 1.54) is 12.1 Å². The van der Waals surface area contributed by atoms with Crippen LogP contribution in [0.15, 0.2) is 65.1 Å². The minimum absolute atomic E-state index is 0.0610. The van der Waals surface area contributed by atoms with Gasteiger partial charge in [0.1, 0.15) is 17.1 Å². The fraction of sp³-hybridized carbons (Fsp3) is 0. The van der Waals surface area contributed by atoms with Gasteiger partial charge in [-0.1, -0.05) is 12.1 Å².